The Balaban J connectivity index is 1.50. The van der Waals surface area contributed by atoms with E-state index in [9.17, 15) is 9.59 Å². The third-order valence-electron chi connectivity index (χ3n) is 5.83. The summed E-state index contributed by atoms with van der Waals surface area (Å²) in [7, 11) is 1.60. The van der Waals surface area contributed by atoms with Crippen LogP contribution in [0.2, 0.25) is 0 Å². The number of rotatable bonds is 5. The van der Waals surface area contributed by atoms with E-state index in [1.165, 1.54) is 0 Å². The Morgan fingerprint density at radius 1 is 0.906 bits per heavy atom. The van der Waals surface area contributed by atoms with Crippen LogP contribution in [0.4, 0.5) is 4.79 Å². The van der Waals surface area contributed by atoms with E-state index < -0.39 is 11.4 Å². The molecule has 0 fully saturated rings. The van der Waals surface area contributed by atoms with Gasteiger partial charge in [0.15, 0.2) is 0 Å². The Labute approximate surface area is 187 Å². The van der Waals surface area contributed by atoms with Crippen molar-refractivity contribution in [2.45, 2.75) is 26.3 Å². The van der Waals surface area contributed by atoms with Crippen LogP contribution in [-0.4, -0.2) is 19.0 Å². The van der Waals surface area contributed by atoms with Crippen molar-refractivity contribution >= 4 is 11.9 Å². The van der Waals surface area contributed by atoms with Crippen LogP contribution in [0.15, 0.2) is 72.8 Å². The summed E-state index contributed by atoms with van der Waals surface area (Å²) in [5.74, 6) is 1.56. The second-order valence-electron chi connectivity index (χ2n) is 8.32. The maximum atomic E-state index is 13.3. The molecule has 2 N–H and O–H groups in total. The van der Waals surface area contributed by atoms with Crippen LogP contribution in [0.1, 0.15) is 36.5 Å². The van der Waals surface area contributed by atoms with Gasteiger partial charge in [0.2, 0.25) is 5.91 Å². The average molecular weight is 431 g/mol. The van der Waals surface area contributed by atoms with Crippen molar-refractivity contribution in [3.8, 4) is 17.2 Å². The lowest BCUT2D eigenvalue weighted by Gasteiger charge is -2.38. The van der Waals surface area contributed by atoms with E-state index in [0.29, 0.717) is 6.54 Å². The Morgan fingerprint density at radius 2 is 1.47 bits per heavy atom. The highest BCUT2D eigenvalue weighted by atomic mass is 16.5. The van der Waals surface area contributed by atoms with Crippen molar-refractivity contribution in [2.75, 3.05) is 7.11 Å². The highest BCUT2D eigenvalue weighted by Crippen LogP contribution is 2.51. The Morgan fingerprint density at radius 3 is 2.03 bits per heavy atom. The SMILES string of the molecule is COc1ccc(CNC(=O)NC(=O)C(C)(C)C2c3ccccc3Oc3ccccc32)cc1. The summed E-state index contributed by atoms with van der Waals surface area (Å²) in [6, 6.07) is 22.2. The number of hydrogen-bond donors (Lipinski definition) is 2. The molecule has 4 rings (SSSR count). The number of carbonyl (C=O) groups excluding carboxylic acids is 2. The first-order valence-corrected chi connectivity index (χ1v) is 10.5. The van der Waals surface area contributed by atoms with Crippen LogP contribution in [0.25, 0.3) is 0 Å². The van der Waals surface area contributed by atoms with Gasteiger partial charge < -0.3 is 14.8 Å². The minimum absolute atomic E-state index is 0.266. The van der Waals surface area contributed by atoms with Gasteiger partial charge in [-0.15, -0.1) is 0 Å². The lowest BCUT2D eigenvalue weighted by atomic mass is 9.69. The zero-order valence-corrected chi connectivity index (χ0v) is 18.3. The van der Waals surface area contributed by atoms with Crippen molar-refractivity contribution in [1.82, 2.24) is 10.6 Å². The van der Waals surface area contributed by atoms with Gasteiger partial charge in [0, 0.05) is 23.6 Å². The molecular weight excluding hydrogens is 404 g/mol. The van der Waals surface area contributed by atoms with Crippen LogP contribution in [0, 0.1) is 5.41 Å². The fourth-order valence-electron chi connectivity index (χ4n) is 4.05. The summed E-state index contributed by atoms with van der Waals surface area (Å²) in [5, 5.41) is 5.26. The Hall–Kier alpha value is -3.80. The van der Waals surface area contributed by atoms with Crippen molar-refractivity contribution in [3.63, 3.8) is 0 Å². The van der Waals surface area contributed by atoms with E-state index in [0.717, 1.165) is 33.9 Å². The zero-order valence-electron chi connectivity index (χ0n) is 18.3. The summed E-state index contributed by atoms with van der Waals surface area (Å²) in [4.78, 5) is 25.7. The van der Waals surface area contributed by atoms with Gasteiger partial charge >= 0.3 is 6.03 Å². The molecule has 0 atom stereocenters. The molecule has 0 bridgehead atoms. The normalized spacial score (nSPS) is 12.7. The van der Waals surface area contributed by atoms with Crippen LogP contribution in [-0.2, 0) is 11.3 Å². The predicted molar refractivity (Wildman–Crippen MR) is 122 cm³/mol. The monoisotopic (exact) mass is 430 g/mol. The van der Waals surface area contributed by atoms with Gasteiger partial charge in [0.25, 0.3) is 0 Å². The van der Waals surface area contributed by atoms with E-state index in [1.54, 1.807) is 7.11 Å². The molecule has 0 aliphatic carbocycles. The number of para-hydroxylation sites is 2. The van der Waals surface area contributed by atoms with E-state index in [2.05, 4.69) is 10.6 Å². The van der Waals surface area contributed by atoms with E-state index in [-0.39, 0.29) is 11.8 Å². The number of carbonyl (C=O) groups is 2. The molecule has 0 radical (unpaired) electrons. The first kappa shape index (κ1) is 21.4. The lowest BCUT2D eigenvalue weighted by molar-refractivity contribution is -0.128. The Bertz CT molecular complexity index is 1090. The van der Waals surface area contributed by atoms with Crippen LogP contribution in [0.3, 0.4) is 0 Å². The second-order valence-corrected chi connectivity index (χ2v) is 8.32. The Kier molecular flexibility index (Phi) is 5.86. The highest BCUT2D eigenvalue weighted by Gasteiger charge is 2.43. The number of urea groups is 1. The number of amides is 3. The summed E-state index contributed by atoms with van der Waals surface area (Å²) in [5.41, 5.74) is 1.84. The quantitative estimate of drug-likeness (QED) is 0.598. The van der Waals surface area contributed by atoms with Crippen molar-refractivity contribution in [3.05, 3.63) is 89.5 Å². The summed E-state index contributed by atoms with van der Waals surface area (Å²) in [6.45, 7) is 4.00. The number of fused-ring (bicyclic) bond motifs is 2. The average Bonchev–Trinajstić information content (AvgIpc) is 2.81. The number of ether oxygens (including phenoxy) is 2. The fourth-order valence-corrected chi connectivity index (χ4v) is 4.05. The molecule has 164 valence electrons. The minimum atomic E-state index is -0.909. The molecule has 6 heteroatoms. The topological polar surface area (TPSA) is 76.7 Å². The molecule has 0 aromatic heterocycles. The van der Waals surface area contributed by atoms with Gasteiger partial charge in [0.05, 0.1) is 12.5 Å². The van der Waals surface area contributed by atoms with Crippen LogP contribution in [0.5, 0.6) is 17.2 Å². The van der Waals surface area contributed by atoms with Gasteiger partial charge in [-0.2, -0.15) is 0 Å². The lowest BCUT2D eigenvalue weighted by Crippen LogP contribution is -2.47. The smallest absolute Gasteiger partial charge is 0.321 e. The number of benzene rings is 3. The van der Waals surface area contributed by atoms with E-state index in [1.807, 2.05) is 86.6 Å². The molecule has 1 heterocycles. The third-order valence-corrected chi connectivity index (χ3v) is 5.83. The largest absolute Gasteiger partial charge is 0.497 e. The second kappa shape index (κ2) is 8.75. The van der Waals surface area contributed by atoms with E-state index >= 15 is 0 Å². The number of methoxy groups -OCH3 is 1. The summed E-state index contributed by atoms with van der Waals surface area (Å²) < 4.78 is 11.2. The van der Waals surface area contributed by atoms with Crippen molar-refractivity contribution < 1.29 is 19.1 Å². The van der Waals surface area contributed by atoms with Gasteiger partial charge in [-0.25, -0.2) is 4.79 Å². The standard InChI is InChI=1S/C26H26N2O4/c1-26(2,24(29)28-25(30)27-16-17-12-14-18(31-3)15-13-17)23-19-8-4-6-10-21(19)32-22-11-7-5-9-20(22)23/h4-15,23H,16H2,1-3H3,(H2,27,28,29,30). The molecule has 1 aliphatic heterocycles. The summed E-state index contributed by atoms with van der Waals surface area (Å²) >= 11 is 0. The molecule has 0 unspecified atom stereocenters. The molecule has 0 spiro atoms. The van der Waals surface area contributed by atoms with Gasteiger partial charge in [-0.1, -0.05) is 62.4 Å². The summed E-state index contributed by atoms with van der Waals surface area (Å²) in [6.07, 6.45) is 0. The van der Waals surface area contributed by atoms with Gasteiger partial charge in [-0.05, 0) is 29.8 Å². The minimum Gasteiger partial charge on any atom is -0.497 e. The van der Waals surface area contributed by atoms with Gasteiger partial charge in [-0.3, -0.25) is 10.1 Å². The maximum absolute atomic E-state index is 13.3. The molecule has 0 saturated carbocycles. The fraction of sp³-hybridized carbons (Fsp3) is 0.231. The third kappa shape index (κ3) is 4.17. The predicted octanol–water partition coefficient (Wildman–Crippen LogP) is 4.99. The van der Waals surface area contributed by atoms with Crippen molar-refractivity contribution in [2.24, 2.45) is 5.41 Å². The zero-order chi connectivity index (χ0) is 22.7. The molecule has 3 amide bonds. The molecule has 6 nitrogen and oxygen atoms in total. The van der Waals surface area contributed by atoms with Gasteiger partial charge in [0.1, 0.15) is 17.2 Å². The number of hydrogen-bond acceptors (Lipinski definition) is 4. The van der Waals surface area contributed by atoms with E-state index in [4.69, 9.17) is 9.47 Å². The first-order valence-electron chi connectivity index (χ1n) is 10.5. The molecule has 3 aromatic carbocycles. The maximum Gasteiger partial charge on any atom is 0.321 e. The highest BCUT2D eigenvalue weighted by molar-refractivity contribution is 5.98. The molecule has 3 aromatic rings. The first-order chi connectivity index (χ1) is 15.4. The van der Waals surface area contributed by atoms with Crippen LogP contribution >= 0.6 is 0 Å². The molecule has 0 saturated heterocycles. The molecule has 32 heavy (non-hydrogen) atoms. The number of nitrogens with one attached hydrogen (secondary N) is 2. The molecular formula is C26H26N2O4. The molecule has 1 aliphatic rings. The van der Waals surface area contributed by atoms with Crippen molar-refractivity contribution in [1.29, 1.82) is 0 Å². The van der Waals surface area contributed by atoms with Crippen LogP contribution < -0.4 is 20.1 Å². The number of imide groups is 1.